The Bertz CT molecular complexity index is 619. The number of nitrogens with one attached hydrogen (secondary N) is 3. The van der Waals surface area contributed by atoms with Gasteiger partial charge in [-0.25, -0.2) is 9.78 Å². The van der Waals surface area contributed by atoms with Crippen LogP contribution in [-0.4, -0.2) is 68.6 Å². The van der Waals surface area contributed by atoms with Gasteiger partial charge < -0.3 is 37.3 Å². The first-order valence-corrected chi connectivity index (χ1v) is 7.20. The number of hydrogen-bond acceptors (Lipinski definition) is 7. The second-order valence-electron chi connectivity index (χ2n) is 5.20. The van der Waals surface area contributed by atoms with Crippen LogP contribution >= 0.6 is 0 Å². The SMILES string of the molecule is NC(=O)C[C@H](N)C(=O)N[C@@H](Cc1cnc[nH]1)C(=O)N[C@@H](CO)C(=O)O. The van der Waals surface area contributed by atoms with E-state index >= 15 is 0 Å². The van der Waals surface area contributed by atoms with Crippen molar-refractivity contribution >= 4 is 23.7 Å². The van der Waals surface area contributed by atoms with Crippen LogP contribution in [0.25, 0.3) is 0 Å². The summed E-state index contributed by atoms with van der Waals surface area (Å²) >= 11 is 0. The molecule has 25 heavy (non-hydrogen) atoms. The fourth-order valence-electron chi connectivity index (χ4n) is 1.87. The summed E-state index contributed by atoms with van der Waals surface area (Å²) in [4.78, 5) is 52.5. The number of hydrogen-bond donors (Lipinski definition) is 7. The van der Waals surface area contributed by atoms with Crippen LogP contribution in [0.2, 0.25) is 0 Å². The van der Waals surface area contributed by atoms with Crippen molar-refractivity contribution in [3.05, 3.63) is 18.2 Å². The second kappa shape index (κ2) is 9.34. The van der Waals surface area contributed by atoms with E-state index in [4.69, 9.17) is 21.7 Å². The number of carbonyl (C=O) groups excluding carboxylic acids is 3. The van der Waals surface area contributed by atoms with Crippen molar-refractivity contribution in [1.29, 1.82) is 0 Å². The summed E-state index contributed by atoms with van der Waals surface area (Å²) in [5.74, 6) is -3.89. The lowest BCUT2D eigenvalue weighted by molar-refractivity contribution is -0.143. The number of H-pyrrole nitrogens is 1. The number of nitrogens with zero attached hydrogens (tertiary/aromatic N) is 1. The molecule has 0 saturated carbocycles. The predicted octanol–water partition coefficient (Wildman–Crippen LogP) is -3.80. The maximum Gasteiger partial charge on any atom is 0.328 e. The third-order valence-corrected chi connectivity index (χ3v) is 3.17. The zero-order chi connectivity index (χ0) is 19.0. The summed E-state index contributed by atoms with van der Waals surface area (Å²) in [6.07, 6.45) is 2.31. The van der Waals surface area contributed by atoms with Gasteiger partial charge in [0.25, 0.3) is 0 Å². The molecule has 3 amide bonds. The van der Waals surface area contributed by atoms with E-state index in [1.54, 1.807) is 0 Å². The van der Waals surface area contributed by atoms with Gasteiger partial charge in [-0.05, 0) is 0 Å². The molecule has 0 saturated heterocycles. The van der Waals surface area contributed by atoms with E-state index in [2.05, 4.69) is 20.6 Å². The lowest BCUT2D eigenvalue weighted by atomic mass is 10.1. The Labute approximate surface area is 142 Å². The molecule has 0 aliphatic heterocycles. The van der Waals surface area contributed by atoms with Crippen LogP contribution in [0.1, 0.15) is 12.1 Å². The van der Waals surface area contributed by atoms with Crippen molar-refractivity contribution < 1.29 is 29.4 Å². The highest BCUT2D eigenvalue weighted by molar-refractivity contribution is 5.93. The molecule has 0 unspecified atom stereocenters. The number of amides is 3. The van der Waals surface area contributed by atoms with Gasteiger partial charge in [0.15, 0.2) is 0 Å². The lowest BCUT2D eigenvalue weighted by Crippen LogP contribution is -2.56. The molecule has 0 spiro atoms. The van der Waals surface area contributed by atoms with E-state index in [0.29, 0.717) is 5.69 Å². The van der Waals surface area contributed by atoms with Crippen molar-refractivity contribution in [3.63, 3.8) is 0 Å². The third-order valence-electron chi connectivity index (χ3n) is 3.17. The number of rotatable bonds is 10. The molecule has 1 heterocycles. The van der Waals surface area contributed by atoms with Crippen LogP contribution in [0.5, 0.6) is 0 Å². The number of carboxylic acid groups (broad SMARTS) is 1. The molecule has 0 fully saturated rings. The molecule has 1 aromatic heterocycles. The van der Waals surface area contributed by atoms with Crippen molar-refractivity contribution in [1.82, 2.24) is 20.6 Å². The lowest BCUT2D eigenvalue weighted by Gasteiger charge is -2.21. The van der Waals surface area contributed by atoms with Crippen molar-refractivity contribution in [2.24, 2.45) is 11.5 Å². The second-order valence-corrected chi connectivity index (χ2v) is 5.20. The zero-order valence-corrected chi connectivity index (χ0v) is 13.1. The minimum absolute atomic E-state index is 0.0430. The zero-order valence-electron chi connectivity index (χ0n) is 13.1. The van der Waals surface area contributed by atoms with E-state index < -0.39 is 54.8 Å². The molecule has 138 valence electrons. The molecule has 12 nitrogen and oxygen atoms in total. The monoisotopic (exact) mass is 356 g/mol. The largest absolute Gasteiger partial charge is 0.480 e. The highest BCUT2D eigenvalue weighted by Gasteiger charge is 2.28. The number of aliphatic hydroxyl groups is 1. The van der Waals surface area contributed by atoms with Gasteiger partial charge in [-0.2, -0.15) is 0 Å². The third kappa shape index (κ3) is 6.56. The average Bonchev–Trinajstić information content (AvgIpc) is 3.03. The van der Waals surface area contributed by atoms with Crippen molar-refractivity contribution in [3.8, 4) is 0 Å². The Kier molecular flexibility index (Phi) is 7.49. The fourth-order valence-corrected chi connectivity index (χ4v) is 1.87. The molecule has 12 heteroatoms. The molecule has 0 radical (unpaired) electrons. The van der Waals surface area contributed by atoms with E-state index in [9.17, 15) is 19.2 Å². The maximum absolute atomic E-state index is 12.3. The Morgan fingerprint density at radius 1 is 1.20 bits per heavy atom. The Morgan fingerprint density at radius 3 is 2.32 bits per heavy atom. The molecule has 0 bridgehead atoms. The fraction of sp³-hybridized carbons (Fsp3) is 0.462. The van der Waals surface area contributed by atoms with Gasteiger partial charge in [0.05, 0.1) is 25.4 Å². The standard InChI is InChI=1S/C13H20N6O6/c14-7(2-10(15)21)11(22)18-8(1-6-3-16-5-17-6)12(23)19-9(4-20)13(24)25/h3,5,7-9,20H,1-2,4,14H2,(H2,15,21)(H,16,17)(H,18,22)(H,19,23)(H,24,25)/t7-,8-,9-/m0/s1. The van der Waals surface area contributed by atoms with Gasteiger partial charge in [0, 0.05) is 18.3 Å². The molecule has 3 atom stereocenters. The number of aliphatic carboxylic acids is 1. The predicted molar refractivity (Wildman–Crippen MR) is 82.7 cm³/mol. The summed E-state index contributed by atoms with van der Waals surface area (Å²) in [6, 6.07) is -4.00. The molecule has 0 aliphatic carbocycles. The van der Waals surface area contributed by atoms with Gasteiger partial charge in [-0.1, -0.05) is 0 Å². The van der Waals surface area contributed by atoms with Crippen LogP contribution in [0.3, 0.4) is 0 Å². The molecule has 1 aromatic rings. The quantitative estimate of drug-likeness (QED) is 0.220. The molecule has 0 aliphatic rings. The van der Waals surface area contributed by atoms with Crippen LogP contribution < -0.4 is 22.1 Å². The van der Waals surface area contributed by atoms with Crippen molar-refractivity contribution in [2.75, 3.05) is 6.61 Å². The summed E-state index contributed by atoms with van der Waals surface area (Å²) < 4.78 is 0. The Balaban J connectivity index is 2.84. The molecule has 9 N–H and O–H groups in total. The number of aromatic nitrogens is 2. The summed E-state index contributed by atoms with van der Waals surface area (Å²) in [5, 5.41) is 22.3. The van der Waals surface area contributed by atoms with E-state index in [1.807, 2.05) is 0 Å². The van der Waals surface area contributed by atoms with Gasteiger partial charge in [0.2, 0.25) is 17.7 Å². The van der Waals surface area contributed by atoms with Crippen LogP contribution in [0.4, 0.5) is 0 Å². The normalized spacial score (nSPS) is 14.2. The maximum atomic E-state index is 12.3. The number of primary amides is 1. The van der Waals surface area contributed by atoms with Gasteiger partial charge in [0.1, 0.15) is 12.1 Å². The minimum Gasteiger partial charge on any atom is -0.480 e. The molecule has 0 aromatic carbocycles. The topological polar surface area (TPSA) is 214 Å². The first-order valence-electron chi connectivity index (χ1n) is 7.20. The first kappa shape index (κ1) is 20.1. The first-order chi connectivity index (χ1) is 11.7. The molecule has 1 rings (SSSR count). The average molecular weight is 356 g/mol. The van der Waals surface area contributed by atoms with Crippen molar-refractivity contribution in [2.45, 2.75) is 31.0 Å². The van der Waals surface area contributed by atoms with E-state index in [-0.39, 0.29) is 6.42 Å². The number of aromatic amines is 1. The highest BCUT2D eigenvalue weighted by atomic mass is 16.4. The summed E-state index contributed by atoms with van der Waals surface area (Å²) in [7, 11) is 0. The smallest absolute Gasteiger partial charge is 0.328 e. The Morgan fingerprint density at radius 2 is 1.84 bits per heavy atom. The van der Waals surface area contributed by atoms with E-state index in [0.717, 1.165) is 0 Å². The number of nitrogens with two attached hydrogens (primary N) is 2. The number of carboxylic acids is 1. The molecular formula is C13H20N6O6. The van der Waals surface area contributed by atoms with Gasteiger partial charge >= 0.3 is 5.97 Å². The van der Waals surface area contributed by atoms with Crippen LogP contribution in [0, 0.1) is 0 Å². The summed E-state index contributed by atoms with van der Waals surface area (Å²) in [5.41, 5.74) is 11.0. The van der Waals surface area contributed by atoms with Crippen LogP contribution in [-0.2, 0) is 25.6 Å². The number of imidazole rings is 1. The summed E-state index contributed by atoms with van der Waals surface area (Å²) in [6.45, 7) is -0.826. The van der Waals surface area contributed by atoms with Crippen LogP contribution in [0.15, 0.2) is 12.5 Å². The number of carbonyl (C=O) groups is 4. The minimum atomic E-state index is -1.53. The molecular weight excluding hydrogens is 336 g/mol. The van der Waals surface area contributed by atoms with E-state index in [1.165, 1.54) is 12.5 Å². The number of aliphatic hydroxyl groups excluding tert-OH is 1. The van der Waals surface area contributed by atoms with Gasteiger partial charge in [-0.3, -0.25) is 14.4 Å². The van der Waals surface area contributed by atoms with Gasteiger partial charge in [-0.15, -0.1) is 0 Å². The Hall–Kier alpha value is -2.99. The highest BCUT2D eigenvalue weighted by Crippen LogP contribution is 2.01.